The number of halogens is 3. The predicted octanol–water partition coefficient (Wildman–Crippen LogP) is 4.07. The quantitative estimate of drug-likeness (QED) is 0.380. The van der Waals surface area contributed by atoms with Gasteiger partial charge in [0.05, 0.1) is 24.1 Å². The molecule has 9 nitrogen and oxygen atoms in total. The third kappa shape index (κ3) is 6.84. The van der Waals surface area contributed by atoms with Gasteiger partial charge in [0.2, 0.25) is 11.9 Å². The molecule has 1 atom stereocenters. The van der Waals surface area contributed by atoms with Gasteiger partial charge in [-0.15, -0.1) is 0 Å². The fraction of sp³-hybridized carbons (Fsp3) is 0.536. The van der Waals surface area contributed by atoms with Crippen molar-refractivity contribution in [1.29, 1.82) is 0 Å². The van der Waals surface area contributed by atoms with Crippen molar-refractivity contribution in [3.8, 4) is 11.6 Å². The molecule has 3 heterocycles. The summed E-state index contributed by atoms with van der Waals surface area (Å²) in [5, 5.41) is 23.5. The molecule has 3 N–H and O–H groups in total. The number of nitrogens with one attached hydrogen (secondary N) is 1. The van der Waals surface area contributed by atoms with Gasteiger partial charge in [-0.25, -0.2) is 4.98 Å². The number of anilines is 1. The highest BCUT2D eigenvalue weighted by Gasteiger charge is 2.32. The number of hydrogen-bond donors (Lipinski definition) is 3. The van der Waals surface area contributed by atoms with Crippen LogP contribution in [0.5, 0.6) is 5.75 Å². The fourth-order valence-corrected chi connectivity index (χ4v) is 5.54. The van der Waals surface area contributed by atoms with Crippen LogP contribution in [0.2, 0.25) is 0 Å². The summed E-state index contributed by atoms with van der Waals surface area (Å²) >= 11 is 0. The van der Waals surface area contributed by atoms with Crippen LogP contribution in [0.1, 0.15) is 44.9 Å². The largest absolute Gasteiger partial charge is 0.490 e. The van der Waals surface area contributed by atoms with Crippen molar-refractivity contribution in [3.05, 3.63) is 42.7 Å². The van der Waals surface area contributed by atoms with Crippen molar-refractivity contribution in [3.63, 3.8) is 0 Å². The number of aromatic nitrogens is 3. The second-order valence-corrected chi connectivity index (χ2v) is 10.6. The van der Waals surface area contributed by atoms with Gasteiger partial charge in [0.25, 0.3) is 0 Å². The van der Waals surface area contributed by atoms with E-state index in [-0.39, 0.29) is 24.0 Å². The molecule has 1 saturated carbocycles. The summed E-state index contributed by atoms with van der Waals surface area (Å²) in [6.07, 6.45) is 0.228. The van der Waals surface area contributed by atoms with Gasteiger partial charge in [-0.2, -0.15) is 18.2 Å². The third-order valence-electron chi connectivity index (χ3n) is 7.66. The molecule has 216 valence electrons. The number of alkyl halides is 3. The zero-order valence-corrected chi connectivity index (χ0v) is 22.1. The van der Waals surface area contributed by atoms with E-state index in [1.165, 1.54) is 0 Å². The van der Waals surface area contributed by atoms with Gasteiger partial charge < -0.3 is 29.7 Å². The minimum atomic E-state index is -4.47. The molecule has 2 fully saturated rings. The number of hydrogen-bond acceptors (Lipinski definition) is 7. The topological polar surface area (TPSA) is 113 Å². The SMILES string of the molecule is O=C(C1CCC(Nc2nccc(-n3ccc4c(OCC(O)CC(F)(F)F)cccc43)n2)CC1)N1CCC(O)CC1. The molecule has 1 aromatic carbocycles. The molecule has 12 heteroatoms. The van der Waals surface area contributed by atoms with E-state index in [1.54, 1.807) is 36.7 Å². The van der Waals surface area contributed by atoms with E-state index in [0.717, 1.165) is 31.2 Å². The number of fused-ring (bicyclic) bond motifs is 1. The number of piperidine rings is 1. The van der Waals surface area contributed by atoms with Crippen LogP contribution in [0.15, 0.2) is 42.7 Å². The number of benzene rings is 1. The highest BCUT2D eigenvalue weighted by Crippen LogP contribution is 2.31. The molecule has 1 saturated heterocycles. The molecule has 2 aliphatic rings. The first-order chi connectivity index (χ1) is 19.2. The maximum Gasteiger partial charge on any atom is 0.391 e. The maximum atomic E-state index is 12.9. The second kappa shape index (κ2) is 12.0. The molecule has 1 aliphatic carbocycles. The summed E-state index contributed by atoms with van der Waals surface area (Å²) in [5.74, 6) is 1.66. The van der Waals surface area contributed by atoms with E-state index in [4.69, 9.17) is 4.74 Å². The molecule has 5 rings (SSSR count). The summed E-state index contributed by atoms with van der Waals surface area (Å²) < 4.78 is 44.9. The fourth-order valence-electron chi connectivity index (χ4n) is 5.54. The predicted molar refractivity (Wildman–Crippen MR) is 142 cm³/mol. The first kappa shape index (κ1) is 28.2. The molecule has 1 unspecified atom stereocenters. The summed E-state index contributed by atoms with van der Waals surface area (Å²) in [6.45, 7) is 0.779. The Labute approximate surface area is 230 Å². The standard InChI is InChI=1S/C28H34F3N5O4/c29-28(30,31)16-21(38)17-40-24-3-1-2-23-22(24)11-15-36(23)25-8-12-32-27(34-25)33-19-6-4-18(5-7-19)26(39)35-13-9-20(37)10-14-35/h1-3,8,11-12,15,18-21,37-38H,4-7,9-10,13-14,16-17H2,(H,32,33,34). The molecule has 0 radical (unpaired) electrons. The Kier molecular flexibility index (Phi) is 8.46. The smallest absolute Gasteiger partial charge is 0.391 e. The normalized spacial score (nSPS) is 21.4. The van der Waals surface area contributed by atoms with Crippen LogP contribution >= 0.6 is 0 Å². The lowest BCUT2D eigenvalue weighted by molar-refractivity contribution is -0.156. The lowest BCUT2D eigenvalue weighted by atomic mass is 9.85. The molecule has 0 spiro atoms. The van der Waals surface area contributed by atoms with Crippen LogP contribution in [0, 0.1) is 5.92 Å². The van der Waals surface area contributed by atoms with E-state index in [1.807, 2.05) is 15.5 Å². The molecular weight excluding hydrogens is 527 g/mol. The molecule has 0 bridgehead atoms. The van der Waals surface area contributed by atoms with Crippen LogP contribution in [-0.2, 0) is 4.79 Å². The Morgan fingerprint density at radius 3 is 2.58 bits per heavy atom. The first-order valence-corrected chi connectivity index (χ1v) is 13.7. The number of carbonyl (C=O) groups excluding carboxylic acids is 1. The van der Waals surface area contributed by atoms with Gasteiger partial charge in [-0.1, -0.05) is 6.07 Å². The van der Waals surface area contributed by atoms with Crippen molar-refractivity contribution >= 4 is 22.8 Å². The van der Waals surface area contributed by atoms with E-state index in [0.29, 0.717) is 48.8 Å². The average molecular weight is 562 g/mol. The molecular formula is C28H34F3N5O4. The van der Waals surface area contributed by atoms with Crippen LogP contribution in [0.4, 0.5) is 19.1 Å². The maximum absolute atomic E-state index is 12.9. The summed E-state index contributed by atoms with van der Waals surface area (Å²) in [5.41, 5.74) is 0.747. The molecule has 1 amide bonds. The summed E-state index contributed by atoms with van der Waals surface area (Å²) in [6, 6.07) is 8.93. The van der Waals surface area contributed by atoms with Crippen LogP contribution in [0.25, 0.3) is 16.7 Å². The van der Waals surface area contributed by atoms with Crippen molar-refractivity contribution in [2.75, 3.05) is 25.0 Å². The molecule has 2 aromatic heterocycles. The van der Waals surface area contributed by atoms with E-state index in [9.17, 15) is 28.2 Å². The van der Waals surface area contributed by atoms with Gasteiger partial charge in [-0.05, 0) is 62.8 Å². The second-order valence-electron chi connectivity index (χ2n) is 10.6. The third-order valence-corrected chi connectivity index (χ3v) is 7.66. The minimum absolute atomic E-state index is 0.0118. The van der Waals surface area contributed by atoms with Gasteiger partial charge in [0.1, 0.15) is 18.2 Å². The van der Waals surface area contributed by atoms with Crippen LogP contribution in [0.3, 0.4) is 0 Å². The number of nitrogens with zero attached hydrogens (tertiary/aromatic N) is 4. The average Bonchev–Trinajstić information content (AvgIpc) is 3.37. The van der Waals surface area contributed by atoms with Crippen molar-refractivity contribution in [2.45, 2.75) is 69.4 Å². The Morgan fingerprint density at radius 1 is 1.10 bits per heavy atom. The molecule has 40 heavy (non-hydrogen) atoms. The van der Waals surface area contributed by atoms with E-state index in [2.05, 4.69) is 15.3 Å². The van der Waals surface area contributed by atoms with E-state index >= 15 is 0 Å². The van der Waals surface area contributed by atoms with Crippen molar-refractivity contribution in [2.24, 2.45) is 5.92 Å². The minimum Gasteiger partial charge on any atom is -0.490 e. The lowest BCUT2D eigenvalue weighted by Crippen LogP contribution is -2.44. The summed E-state index contributed by atoms with van der Waals surface area (Å²) in [7, 11) is 0. The number of rotatable bonds is 8. The van der Waals surface area contributed by atoms with Gasteiger partial charge in [0.15, 0.2) is 0 Å². The van der Waals surface area contributed by atoms with Gasteiger partial charge in [0, 0.05) is 42.8 Å². The molecule has 1 aliphatic heterocycles. The monoisotopic (exact) mass is 561 g/mol. The highest BCUT2D eigenvalue weighted by molar-refractivity contribution is 5.87. The zero-order chi connectivity index (χ0) is 28.3. The number of aliphatic hydroxyl groups is 2. The van der Waals surface area contributed by atoms with Gasteiger partial charge >= 0.3 is 6.18 Å². The van der Waals surface area contributed by atoms with Crippen LogP contribution < -0.4 is 10.1 Å². The first-order valence-electron chi connectivity index (χ1n) is 13.7. The number of aliphatic hydroxyl groups excluding tert-OH is 2. The Bertz CT molecular complexity index is 1300. The Morgan fingerprint density at radius 2 is 1.85 bits per heavy atom. The van der Waals surface area contributed by atoms with Crippen molar-refractivity contribution in [1.82, 2.24) is 19.4 Å². The zero-order valence-electron chi connectivity index (χ0n) is 22.1. The lowest BCUT2D eigenvalue weighted by Gasteiger charge is -2.35. The number of likely N-dealkylation sites (tertiary alicyclic amines) is 1. The highest BCUT2D eigenvalue weighted by atomic mass is 19.4. The molecule has 3 aromatic rings. The Hall–Kier alpha value is -3.38. The van der Waals surface area contributed by atoms with Gasteiger partial charge in [-0.3, -0.25) is 4.79 Å². The Balaban J connectivity index is 1.20. The van der Waals surface area contributed by atoms with Crippen LogP contribution in [-0.4, -0.2) is 79.7 Å². The van der Waals surface area contributed by atoms with Crippen molar-refractivity contribution < 1.29 is 32.9 Å². The van der Waals surface area contributed by atoms with E-state index < -0.39 is 25.3 Å². The summed E-state index contributed by atoms with van der Waals surface area (Å²) in [4.78, 5) is 23.8. The number of carbonyl (C=O) groups is 1. The number of ether oxygens (including phenoxy) is 1. The number of amides is 1.